The van der Waals surface area contributed by atoms with Crippen LogP contribution in [0.15, 0.2) is 86.0 Å². The topological polar surface area (TPSA) is 44.9 Å². The van der Waals surface area contributed by atoms with E-state index in [0.717, 1.165) is 22.9 Å². The van der Waals surface area contributed by atoms with E-state index in [4.69, 9.17) is 4.74 Å². The summed E-state index contributed by atoms with van der Waals surface area (Å²) in [4.78, 5) is 8.13. The highest BCUT2D eigenvalue weighted by molar-refractivity contribution is 5.44. The lowest BCUT2D eigenvalue weighted by molar-refractivity contribution is 0.482. The first-order valence-electron chi connectivity index (χ1n) is 7.23. The van der Waals surface area contributed by atoms with Crippen LogP contribution in [-0.2, 0) is 0 Å². The van der Waals surface area contributed by atoms with E-state index in [1.807, 2.05) is 70.1 Å². The molecule has 0 spiro atoms. The second-order valence-electron chi connectivity index (χ2n) is 5.04. The van der Waals surface area contributed by atoms with Crippen LogP contribution in [0.5, 0.6) is 11.5 Å². The predicted molar refractivity (Wildman–Crippen MR) is 87.2 cm³/mol. The predicted octanol–water partition coefficient (Wildman–Crippen LogP) is 3.85. The fourth-order valence-corrected chi connectivity index (χ4v) is 2.37. The van der Waals surface area contributed by atoms with Crippen LogP contribution >= 0.6 is 0 Å². The van der Waals surface area contributed by atoms with Crippen LogP contribution in [0.3, 0.4) is 0 Å². The van der Waals surface area contributed by atoms with Crippen molar-refractivity contribution in [2.24, 2.45) is 0 Å². The highest BCUT2D eigenvalue weighted by atomic mass is 16.5. The van der Waals surface area contributed by atoms with Crippen molar-refractivity contribution in [3.05, 3.63) is 86.0 Å². The van der Waals surface area contributed by atoms with Gasteiger partial charge in [-0.25, -0.2) is 9.97 Å². The molecule has 0 N–H and O–H groups in total. The number of hydrogen-bond acceptors (Lipinski definition) is 3. The Morgan fingerprint density at radius 2 is 1.22 bits per heavy atom. The van der Waals surface area contributed by atoms with Crippen LogP contribution in [0.1, 0.15) is 0 Å². The van der Waals surface area contributed by atoms with Gasteiger partial charge in [-0.2, -0.15) is 0 Å². The summed E-state index contributed by atoms with van der Waals surface area (Å²) in [6, 6.07) is 15.8. The molecule has 0 saturated carbocycles. The molecule has 23 heavy (non-hydrogen) atoms. The van der Waals surface area contributed by atoms with E-state index in [1.165, 1.54) is 0 Å². The molecule has 2 aromatic carbocycles. The highest BCUT2D eigenvalue weighted by Gasteiger charge is 2.03. The fraction of sp³-hybridized carbons (Fsp3) is 0. The molecule has 5 nitrogen and oxygen atoms in total. The van der Waals surface area contributed by atoms with Gasteiger partial charge in [0.15, 0.2) is 0 Å². The summed E-state index contributed by atoms with van der Waals surface area (Å²) in [7, 11) is 0. The highest BCUT2D eigenvalue weighted by Crippen LogP contribution is 2.25. The van der Waals surface area contributed by atoms with Crippen LogP contribution in [-0.4, -0.2) is 19.1 Å². The molecule has 4 rings (SSSR count). The molecule has 0 unspecified atom stereocenters. The van der Waals surface area contributed by atoms with Crippen molar-refractivity contribution in [2.75, 3.05) is 0 Å². The van der Waals surface area contributed by atoms with Gasteiger partial charge in [-0.1, -0.05) is 12.1 Å². The van der Waals surface area contributed by atoms with Crippen LogP contribution in [0.4, 0.5) is 0 Å². The molecule has 0 amide bonds. The van der Waals surface area contributed by atoms with Crippen LogP contribution in [0, 0.1) is 0 Å². The van der Waals surface area contributed by atoms with Gasteiger partial charge in [-0.15, -0.1) is 0 Å². The van der Waals surface area contributed by atoms with Gasteiger partial charge in [0.05, 0.1) is 24.0 Å². The standard InChI is InChI=1S/C18H14N4O/c1-3-15(21-9-7-19-13-21)11-17(5-1)23-18-6-2-4-16(12-18)22-10-8-20-14-22/h1-14H. The maximum Gasteiger partial charge on any atom is 0.129 e. The van der Waals surface area contributed by atoms with Gasteiger partial charge in [-0.3, -0.25) is 0 Å². The molecule has 0 fully saturated rings. The summed E-state index contributed by atoms with van der Waals surface area (Å²) in [5.41, 5.74) is 2.01. The Kier molecular flexibility index (Phi) is 3.37. The van der Waals surface area contributed by atoms with Gasteiger partial charge >= 0.3 is 0 Å². The smallest absolute Gasteiger partial charge is 0.129 e. The molecular weight excluding hydrogens is 288 g/mol. The Morgan fingerprint density at radius 1 is 0.696 bits per heavy atom. The fourth-order valence-electron chi connectivity index (χ4n) is 2.37. The Bertz CT molecular complexity index is 823. The second kappa shape index (κ2) is 5.81. The van der Waals surface area contributed by atoms with E-state index in [1.54, 1.807) is 25.0 Å². The molecule has 0 aliphatic heterocycles. The first-order chi connectivity index (χ1) is 11.4. The average molecular weight is 302 g/mol. The van der Waals surface area contributed by atoms with Crippen molar-refractivity contribution in [1.29, 1.82) is 0 Å². The number of imidazole rings is 2. The van der Waals surface area contributed by atoms with Crippen molar-refractivity contribution >= 4 is 0 Å². The number of hydrogen-bond donors (Lipinski definition) is 0. The summed E-state index contributed by atoms with van der Waals surface area (Å²) in [5.74, 6) is 1.55. The normalized spacial score (nSPS) is 10.6. The monoisotopic (exact) mass is 302 g/mol. The lowest BCUT2D eigenvalue weighted by atomic mass is 10.2. The minimum absolute atomic E-state index is 0.777. The van der Waals surface area contributed by atoms with Gasteiger partial charge in [0, 0.05) is 36.9 Å². The van der Waals surface area contributed by atoms with Crippen molar-refractivity contribution in [3.8, 4) is 22.9 Å². The number of nitrogens with zero attached hydrogens (tertiary/aromatic N) is 4. The lowest BCUT2D eigenvalue weighted by Gasteiger charge is -2.10. The van der Waals surface area contributed by atoms with Crippen molar-refractivity contribution < 1.29 is 4.74 Å². The Hall–Kier alpha value is -3.34. The number of aromatic nitrogens is 4. The third kappa shape index (κ3) is 2.85. The first kappa shape index (κ1) is 13.3. The molecule has 5 heteroatoms. The minimum atomic E-state index is 0.777. The third-order valence-corrected chi connectivity index (χ3v) is 3.48. The molecule has 0 aliphatic rings. The van der Waals surface area contributed by atoms with Gasteiger partial charge in [-0.05, 0) is 24.3 Å². The van der Waals surface area contributed by atoms with E-state index in [0.29, 0.717) is 0 Å². The van der Waals surface area contributed by atoms with E-state index in [-0.39, 0.29) is 0 Å². The molecule has 2 heterocycles. The maximum atomic E-state index is 5.99. The molecule has 0 saturated heterocycles. The van der Waals surface area contributed by atoms with Crippen LogP contribution in [0.2, 0.25) is 0 Å². The molecule has 0 bridgehead atoms. The summed E-state index contributed by atoms with van der Waals surface area (Å²) in [5, 5.41) is 0. The largest absolute Gasteiger partial charge is 0.457 e. The molecule has 2 aromatic heterocycles. The summed E-state index contributed by atoms with van der Waals surface area (Å²) in [6.07, 6.45) is 10.8. The second-order valence-corrected chi connectivity index (χ2v) is 5.04. The molecular formula is C18H14N4O. The van der Waals surface area contributed by atoms with Gasteiger partial charge in [0.25, 0.3) is 0 Å². The number of rotatable bonds is 4. The van der Waals surface area contributed by atoms with Gasteiger partial charge in [0.2, 0.25) is 0 Å². The summed E-state index contributed by atoms with van der Waals surface area (Å²) in [6.45, 7) is 0. The van der Waals surface area contributed by atoms with Crippen molar-refractivity contribution in [1.82, 2.24) is 19.1 Å². The summed E-state index contributed by atoms with van der Waals surface area (Å²) < 4.78 is 9.87. The Balaban J connectivity index is 1.61. The molecule has 0 radical (unpaired) electrons. The lowest BCUT2D eigenvalue weighted by Crippen LogP contribution is -1.93. The first-order valence-corrected chi connectivity index (χ1v) is 7.23. The average Bonchev–Trinajstić information content (AvgIpc) is 3.29. The van der Waals surface area contributed by atoms with E-state index in [2.05, 4.69) is 9.97 Å². The molecule has 4 aromatic rings. The van der Waals surface area contributed by atoms with E-state index < -0.39 is 0 Å². The quantitative estimate of drug-likeness (QED) is 0.575. The van der Waals surface area contributed by atoms with E-state index >= 15 is 0 Å². The summed E-state index contributed by atoms with van der Waals surface area (Å²) >= 11 is 0. The maximum absolute atomic E-state index is 5.99. The van der Waals surface area contributed by atoms with Crippen LogP contribution < -0.4 is 4.74 Å². The Labute approximate surface area is 133 Å². The van der Waals surface area contributed by atoms with Crippen molar-refractivity contribution in [2.45, 2.75) is 0 Å². The molecule has 0 aliphatic carbocycles. The minimum Gasteiger partial charge on any atom is -0.457 e. The van der Waals surface area contributed by atoms with Gasteiger partial charge < -0.3 is 13.9 Å². The zero-order valence-corrected chi connectivity index (χ0v) is 12.3. The van der Waals surface area contributed by atoms with Crippen LogP contribution in [0.25, 0.3) is 11.4 Å². The third-order valence-electron chi connectivity index (χ3n) is 3.48. The van der Waals surface area contributed by atoms with Gasteiger partial charge in [0.1, 0.15) is 11.5 Å². The number of benzene rings is 2. The molecule has 112 valence electrons. The number of ether oxygens (including phenoxy) is 1. The molecule has 0 atom stereocenters. The Morgan fingerprint density at radius 3 is 1.65 bits per heavy atom. The van der Waals surface area contributed by atoms with Crippen molar-refractivity contribution in [3.63, 3.8) is 0 Å². The van der Waals surface area contributed by atoms with E-state index in [9.17, 15) is 0 Å². The SMILES string of the molecule is c1cc(Oc2cccc(-n3ccnc3)c2)cc(-n2ccnc2)c1. The zero-order valence-electron chi connectivity index (χ0n) is 12.3. The zero-order chi connectivity index (χ0) is 15.5.